The van der Waals surface area contributed by atoms with Crippen LogP contribution in [0.15, 0.2) is 78.9 Å². The lowest BCUT2D eigenvalue weighted by atomic mass is 10.0. The van der Waals surface area contributed by atoms with E-state index >= 15 is 0 Å². The molecule has 282 valence electrons. The molecule has 2 aliphatic rings. The molecule has 5 amide bonds. The van der Waals surface area contributed by atoms with Crippen molar-refractivity contribution in [2.45, 2.75) is 64.3 Å². The number of nitrogens with one attached hydrogen (secondary N) is 5. The Hall–Kier alpha value is -5.27. The minimum Gasteiger partial charge on any atom is -0.493 e. The summed E-state index contributed by atoms with van der Waals surface area (Å²) in [6, 6.07) is 20.7. The van der Waals surface area contributed by atoms with Crippen molar-refractivity contribution in [2.24, 2.45) is 5.92 Å². The van der Waals surface area contributed by atoms with Crippen LogP contribution in [0.1, 0.15) is 53.7 Å². The van der Waals surface area contributed by atoms with Crippen molar-refractivity contribution in [1.82, 2.24) is 31.5 Å². The fraction of sp³-hybridized carbons (Fsp3) is 0.425. The summed E-state index contributed by atoms with van der Waals surface area (Å²) in [5.74, 6) is -2.76. The molecule has 13 heteroatoms. The van der Waals surface area contributed by atoms with Gasteiger partial charge in [0, 0.05) is 39.1 Å². The third-order valence-electron chi connectivity index (χ3n) is 9.17. The number of morpholine rings is 1. The monoisotopic (exact) mass is 726 g/mol. The molecule has 0 aliphatic carbocycles. The molecule has 53 heavy (non-hydrogen) atoms. The zero-order valence-electron chi connectivity index (χ0n) is 30.4. The first-order chi connectivity index (χ1) is 25.7. The number of nitrogens with zero attached hydrogens (tertiary/aromatic N) is 1. The van der Waals surface area contributed by atoms with Crippen LogP contribution in [0.4, 0.5) is 0 Å². The number of carbonyl (C=O) groups excluding carboxylic acids is 5. The van der Waals surface area contributed by atoms with Gasteiger partial charge in [0.15, 0.2) is 0 Å². The molecule has 0 radical (unpaired) electrons. The second-order valence-electron chi connectivity index (χ2n) is 13.7. The van der Waals surface area contributed by atoms with E-state index in [-0.39, 0.29) is 43.5 Å². The average molecular weight is 727 g/mol. The molecule has 2 aliphatic heterocycles. The maximum atomic E-state index is 13.7. The Morgan fingerprint density at radius 3 is 2.32 bits per heavy atom. The van der Waals surface area contributed by atoms with E-state index in [1.54, 1.807) is 38.1 Å². The number of amides is 5. The van der Waals surface area contributed by atoms with Crippen LogP contribution in [-0.2, 0) is 43.4 Å². The topological polar surface area (TPSA) is 167 Å². The number of para-hydroxylation sites is 1. The molecule has 3 aromatic rings. The number of carbonyl (C=O) groups is 5. The zero-order chi connectivity index (χ0) is 37.6. The Kier molecular flexibility index (Phi) is 14.4. The molecule has 0 saturated carbocycles. The molecular weight excluding hydrogens is 676 g/mol. The summed E-state index contributed by atoms with van der Waals surface area (Å²) in [5, 5.41) is 14.1. The summed E-state index contributed by atoms with van der Waals surface area (Å²) in [5.41, 5.74) is 3.01. The largest absolute Gasteiger partial charge is 0.493 e. The first-order valence-electron chi connectivity index (χ1n) is 18.3. The van der Waals surface area contributed by atoms with Crippen molar-refractivity contribution in [1.29, 1.82) is 0 Å². The van der Waals surface area contributed by atoms with Crippen LogP contribution in [0.3, 0.4) is 0 Å². The minimum atomic E-state index is -1.28. The van der Waals surface area contributed by atoms with Crippen molar-refractivity contribution in [3.63, 3.8) is 0 Å². The van der Waals surface area contributed by atoms with Gasteiger partial charge >= 0.3 is 0 Å². The molecule has 13 nitrogen and oxygen atoms in total. The summed E-state index contributed by atoms with van der Waals surface area (Å²) in [4.78, 5) is 70.4. The van der Waals surface area contributed by atoms with Gasteiger partial charge in [0.05, 0.1) is 31.8 Å². The van der Waals surface area contributed by atoms with Gasteiger partial charge in [-0.1, -0.05) is 80.6 Å². The maximum Gasteiger partial charge on any atom is 0.255 e. The first kappa shape index (κ1) is 38.9. The minimum absolute atomic E-state index is 0.172. The van der Waals surface area contributed by atoms with Crippen LogP contribution in [-0.4, -0.2) is 92.0 Å². The van der Waals surface area contributed by atoms with Gasteiger partial charge in [-0.2, -0.15) is 0 Å². The Morgan fingerprint density at radius 1 is 0.830 bits per heavy atom. The fourth-order valence-electron chi connectivity index (χ4n) is 6.26. The molecular formula is C40H50N6O7. The third kappa shape index (κ3) is 11.9. The molecule has 3 atom stereocenters. The van der Waals surface area contributed by atoms with Gasteiger partial charge in [-0.15, -0.1) is 0 Å². The second-order valence-corrected chi connectivity index (χ2v) is 13.7. The third-order valence-corrected chi connectivity index (χ3v) is 9.17. The number of hydrogen-bond donors (Lipinski definition) is 5. The highest BCUT2D eigenvalue weighted by atomic mass is 16.5. The van der Waals surface area contributed by atoms with E-state index in [2.05, 4.69) is 31.5 Å². The summed E-state index contributed by atoms with van der Waals surface area (Å²) in [6.07, 6.45) is 0.227. The van der Waals surface area contributed by atoms with Crippen LogP contribution in [0.2, 0.25) is 0 Å². The van der Waals surface area contributed by atoms with Crippen LogP contribution in [0, 0.1) is 5.92 Å². The van der Waals surface area contributed by atoms with Crippen LogP contribution < -0.4 is 31.3 Å². The van der Waals surface area contributed by atoms with Gasteiger partial charge < -0.3 is 36.1 Å². The first-order valence-corrected chi connectivity index (χ1v) is 18.3. The number of fused-ring (bicyclic) bond motifs is 1. The lowest BCUT2D eigenvalue weighted by Crippen LogP contribution is -2.57. The van der Waals surface area contributed by atoms with E-state index in [9.17, 15) is 24.0 Å². The Labute approximate surface area is 310 Å². The number of benzene rings is 3. The van der Waals surface area contributed by atoms with Crippen molar-refractivity contribution in [3.8, 4) is 5.75 Å². The van der Waals surface area contributed by atoms with Crippen molar-refractivity contribution in [2.75, 3.05) is 39.5 Å². The number of hydrogen-bond acceptors (Lipinski definition) is 8. The van der Waals surface area contributed by atoms with E-state index in [1.807, 2.05) is 54.6 Å². The zero-order valence-corrected chi connectivity index (χ0v) is 30.4. The molecule has 2 heterocycles. The standard InChI is InChI=1S/C40H50N6O7/c1-27(2)36-40(51)44-32(23-28-10-4-3-5-11-28)38(49)41-16-9-19-53-34-15-7-6-14-31(34)37(48)43-33(24-35(47)45-36)39(50)42-25-29-12-8-13-30(22-29)26-46-17-20-52-21-18-46/h3-8,10-15,22,27,32-33,36H,9,16-21,23-26H2,1-2H3,(H,41,49)(H,42,50)(H,43,48)(H,44,51)(H,45,47)/t32-,33-,36+/m0/s1. The predicted molar refractivity (Wildman–Crippen MR) is 199 cm³/mol. The van der Waals surface area contributed by atoms with E-state index in [1.165, 1.54) is 0 Å². The molecule has 0 bridgehead atoms. The van der Waals surface area contributed by atoms with Crippen molar-refractivity contribution >= 4 is 29.5 Å². The predicted octanol–water partition coefficient (Wildman–Crippen LogP) is 2.09. The highest BCUT2D eigenvalue weighted by Gasteiger charge is 2.32. The molecule has 3 aromatic carbocycles. The summed E-state index contributed by atoms with van der Waals surface area (Å²) < 4.78 is 11.4. The van der Waals surface area contributed by atoms with Crippen LogP contribution in [0.5, 0.6) is 5.75 Å². The van der Waals surface area contributed by atoms with Crippen LogP contribution in [0.25, 0.3) is 0 Å². The Bertz CT molecular complexity index is 1710. The fourth-order valence-corrected chi connectivity index (χ4v) is 6.26. The molecule has 1 saturated heterocycles. The maximum absolute atomic E-state index is 13.7. The van der Waals surface area contributed by atoms with Gasteiger partial charge in [0.2, 0.25) is 23.6 Å². The number of rotatable bonds is 8. The smallest absolute Gasteiger partial charge is 0.255 e. The lowest BCUT2D eigenvalue weighted by molar-refractivity contribution is -0.133. The average Bonchev–Trinajstić information content (AvgIpc) is 3.16. The Balaban J connectivity index is 1.35. The molecule has 5 rings (SSSR count). The highest BCUT2D eigenvalue weighted by Crippen LogP contribution is 2.19. The second kappa shape index (κ2) is 19.5. The van der Waals surface area contributed by atoms with E-state index < -0.39 is 48.2 Å². The van der Waals surface area contributed by atoms with Gasteiger partial charge in [-0.25, -0.2) is 0 Å². The SMILES string of the molecule is CC(C)[C@H]1NC(=O)C[C@@H](C(=O)NCc2cccc(CN3CCOCC3)c2)NC(=O)c2ccccc2OCCCNC(=O)[C@H](Cc2ccccc2)NC1=O. The van der Waals surface area contributed by atoms with Crippen molar-refractivity contribution in [3.05, 3.63) is 101 Å². The van der Waals surface area contributed by atoms with Gasteiger partial charge in [0.1, 0.15) is 23.9 Å². The molecule has 0 aromatic heterocycles. The summed E-state index contributed by atoms with van der Waals surface area (Å²) >= 11 is 0. The molecule has 1 fully saturated rings. The molecule has 0 unspecified atom stereocenters. The summed E-state index contributed by atoms with van der Waals surface area (Å²) in [7, 11) is 0. The lowest BCUT2D eigenvalue weighted by Gasteiger charge is -2.27. The normalized spacial score (nSPS) is 21.1. The quantitative estimate of drug-likeness (QED) is 0.235. The van der Waals surface area contributed by atoms with Crippen molar-refractivity contribution < 1.29 is 33.4 Å². The highest BCUT2D eigenvalue weighted by molar-refractivity contribution is 6.01. The van der Waals surface area contributed by atoms with E-state index in [0.29, 0.717) is 25.4 Å². The van der Waals surface area contributed by atoms with Crippen LogP contribution >= 0.6 is 0 Å². The number of ether oxygens (including phenoxy) is 2. The van der Waals surface area contributed by atoms with E-state index in [4.69, 9.17) is 9.47 Å². The van der Waals surface area contributed by atoms with Gasteiger partial charge in [0.25, 0.3) is 5.91 Å². The Morgan fingerprint density at radius 2 is 1.55 bits per heavy atom. The summed E-state index contributed by atoms with van der Waals surface area (Å²) in [6.45, 7) is 8.02. The molecule has 0 spiro atoms. The van der Waals surface area contributed by atoms with E-state index in [0.717, 1.165) is 36.3 Å². The molecule has 5 N–H and O–H groups in total. The van der Waals surface area contributed by atoms with Gasteiger partial charge in [-0.3, -0.25) is 28.9 Å². The van der Waals surface area contributed by atoms with Gasteiger partial charge in [-0.05, 0) is 41.2 Å².